The predicted molar refractivity (Wildman–Crippen MR) is 107 cm³/mol. The predicted octanol–water partition coefficient (Wildman–Crippen LogP) is 5.09. The molecular formula is C20H13N5O2S. The Balaban J connectivity index is 1.81. The first-order valence-electron chi connectivity index (χ1n) is 8.31. The topological polar surface area (TPSA) is 78.2 Å². The van der Waals surface area contributed by atoms with Gasteiger partial charge < -0.3 is 4.57 Å². The van der Waals surface area contributed by atoms with Gasteiger partial charge in [-0.1, -0.05) is 36.0 Å². The maximum absolute atomic E-state index is 11.3. The van der Waals surface area contributed by atoms with E-state index in [0.29, 0.717) is 17.1 Å². The van der Waals surface area contributed by atoms with Crippen LogP contribution in [0.1, 0.15) is 5.56 Å². The Morgan fingerprint density at radius 2 is 1.93 bits per heavy atom. The summed E-state index contributed by atoms with van der Waals surface area (Å²) in [6.45, 7) is 7.83. The van der Waals surface area contributed by atoms with Crippen molar-refractivity contribution in [3.05, 3.63) is 94.5 Å². The van der Waals surface area contributed by atoms with Crippen LogP contribution in [0.3, 0.4) is 0 Å². The fourth-order valence-electron chi connectivity index (χ4n) is 2.95. The van der Waals surface area contributed by atoms with E-state index in [4.69, 9.17) is 6.57 Å². The second kappa shape index (κ2) is 7.50. The number of nitrogens with zero attached hydrogens (tertiary/aromatic N) is 5. The molecule has 0 aliphatic rings. The molecule has 0 fully saturated rings. The molecule has 0 bridgehead atoms. The molecule has 28 heavy (non-hydrogen) atoms. The molecule has 0 atom stereocenters. The van der Waals surface area contributed by atoms with Crippen molar-refractivity contribution in [3.8, 4) is 0 Å². The van der Waals surface area contributed by atoms with Crippen LogP contribution in [0.4, 0.5) is 11.4 Å². The maximum atomic E-state index is 11.3. The van der Waals surface area contributed by atoms with E-state index in [2.05, 4.69) is 14.8 Å². The summed E-state index contributed by atoms with van der Waals surface area (Å²) in [5.41, 5.74) is 2.43. The van der Waals surface area contributed by atoms with E-state index in [-0.39, 0.29) is 10.6 Å². The van der Waals surface area contributed by atoms with E-state index < -0.39 is 0 Å². The van der Waals surface area contributed by atoms with Crippen molar-refractivity contribution < 1.29 is 4.92 Å². The van der Waals surface area contributed by atoms with E-state index in [1.807, 2.05) is 22.9 Å². The number of benzene rings is 2. The summed E-state index contributed by atoms with van der Waals surface area (Å²) in [5, 5.41) is 12.3. The van der Waals surface area contributed by atoms with Gasteiger partial charge in [-0.25, -0.2) is 14.8 Å². The minimum atomic E-state index is -0.375. The number of hydrogen-bond donors (Lipinski definition) is 0. The molecule has 2 aromatic heterocycles. The van der Waals surface area contributed by atoms with Gasteiger partial charge >= 0.3 is 0 Å². The first-order valence-corrected chi connectivity index (χ1v) is 9.13. The Morgan fingerprint density at radius 1 is 1.14 bits per heavy atom. The lowest BCUT2D eigenvalue weighted by Gasteiger charge is -2.04. The minimum Gasteiger partial charge on any atom is -0.343 e. The van der Waals surface area contributed by atoms with Gasteiger partial charge in [0.25, 0.3) is 5.69 Å². The van der Waals surface area contributed by atoms with E-state index in [1.165, 1.54) is 24.2 Å². The van der Waals surface area contributed by atoms with Crippen LogP contribution < -0.4 is 0 Å². The molecule has 0 aliphatic carbocycles. The van der Waals surface area contributed by atoms with Gasteiger partial charge in [0.05, 0.1) is 22.9 Å². The van der Waals surface area contributed by atoms with Gasteiger partial charge in [-0.2, -0.15) is 0 Å². The van der Waals surface area contributed by atoms with Crippen molar-refractivity contribution in [2.24, 2.45) is 0 Å². The Hall–Kier alpha value is -3.70. The molecule has 136 valence electrons. The van der Waals surface area contributed by atoms with Gasteiger partial charge in [-0.3, -0.25) is 10.1 Å². The summed E-state index contributed by atoms with van der Waals surface area (Å²) >= 11 is 1.35. The minimum absolute atomic E-state index is 0.0719. The highest BCUT2D eigenvalue weighted by Gasteiger charge is 2.17. The Labute approximate surface area is 164 Å². The van der Waals surface area contributed by atoms with E-state index in [9.17, 15) is 10.1 Å². The van der Waals surface area contributed by atoms with Crippen molar-refractivity contribution in [1.29, 1.82) is 0 Å². The number of nitro benzene ring substituents is 1. The van der Waals surface area contributed by atoms with Crippen molar-refractivity contribution >= 4 is 34.0 Å². The van der Waals surface area contributed by atoms with E-state index in [1.54, 1.807) is 36.7 Å². The third-order valence-corrected chi connectivity index (χ3v) is 5.32. The Kier molecular flexibility index (Phi) is 4.74. The number of nitro groups is 1. The smallest absolute Gasteiger partial charge is 0.283 e. The highest BCUT2D eigenvalue weighted by Crippen LogP contribution is 2.40. The second-order valence-electron chi connectivity index (χ2n) is 6.01. The standard InChI is InChI=1S/C20H13N5O2S/c1-21-15-6-7-16-18(8-15)24(11-14-9-22-13-23-10-14)12-20(16)28-19-5-3-2-4-17(19)25(26)27/h2-10,12-13H,11H2. The van der Waals surface area contributed by atoms with Gasteiger partial charge in [0, 0.05) is 46.0 Å². The normalized spacial score (nSPS) is 10.7. The summed E-state index contributed by atoms with van der Waals surface area (Å²) in [5.74, 6) is 0. The molecule has 8 heteroatoms. The first kappa shape index (κ1) is 17.7. The monoisotopic (exact) mass is 387 g/mol. The molecule has 0 spiro atoms. The van der Waals surface area contributed by atoms with Crippen molar-refractivity contribution in [1.82, 2.24) is 14.5 Å². The molecule has 0 unspecified atom stereocenters. The lowest BCUT2D eigenvalue weighted by molar-refractivity contribution is -0.387. The van der Waals surface area contributed by atoms with Crippen LogP contribution in [-0.4, -0.2) is 19.5 Å². The van der Waals surface area contributed by atoms with Crippen LogP contribution in [-0.2, 0) is 6.54 Å². The molecule has 0 radical (unpaired) electrons. The highest BCUT2D eigenvalue weighted by molar-refractivity contribution is 7.99. The lowest BCUT2D eigenvalue weighted by Crippen LogP contribution is -1.98. The molecule has 0 aliphatic heterocycles. The van der Waals surface area contributed by atoms with Crippen LogP contribution in [0.15, 0.2) is 77.2 Å². The molecule has 0 N–H and O–H groups in total. The summed E-state index contributed by atoms with van der Waals surface area (Å²) in [4.78, 5) is 24.0. The SMILES string of the molecule is [C-]#[N+]c1ccc2c(Sc3ccccc3[N+](=O)[O-])cn(Cc3cncnc3)c2c1. The fraction of sp³-hybridized carbons (Fsp3) is 0.0500. The Morgan fingerprint density at radius 3 is 2.68 bits per heavy atom. The van der Waals surface area contributed by atoms with Gasteiger partial charge in [0.2, 0.25) is 0 Å². The summed E-state index contributed by atoms with van der Waals surface area (Å²) in [6, 6.07) is 12.2. The third-order valence-electron chi connectivity index (χ3n) is 4.21. The molecule has 2 aromatic carbocycles. The molecule has 0 saturated heterocycles. The Bertz CT molecular complexity index is 1210. The molecule has 4 aromatic rings. The number of fused-ring (bicyclic) bond motifs is 1. The first-order chi connectivity index (χ1) is 13.7. The average molecular weight is 387 g/mol. The molecular weight excluding hydrogens is 374 g/mol. The zero-order valence-corrected chi connectivity index (χ0v) is 15.3. The van der Waals surface area contributed by atoms with Crippen molar-refractivity contribution in [2.45, 2.75) is 16.3 Å². The average Bonchev–Trinajstić information content (AvgIpc) is 3.05. The zero-order valence-electron chi connectivity index (χ0n) is 14.5. The van der Waals surface area contributed by atoms with Crippen LogP contribution in [0.25, 0.3) is 15.7 Å². The van der Waals surface area contributed by atoms with Crippen LogP contribution in [0.2, 0.25) is 0 Å². The summed E-state index contributed by atoms with van der Waals surface area (Å²) in [7, 11) is 0. The maximum Gasteiger partial charge on any atom is 0.283 e. The third kappa shape index (κ3) is 3.43. The van der Waals surface area contributed by atoms with Crippen LogP contribution in [0, 0.1) is 16.7 Å². The molecule has 0 amide bonds. The lowest BCUT2D eigenvalue weighted by atomic mass is 10.2. The quantitative estimate of drug-likeness (QED) is 0.271. The molecule has 0 saturated carbocycles. The molecule has 2 heterocycles. The summed E-state index contributed by atoms with van der Waals surface area (Å²) in [6.07, 6.45) is 6.91. The fourth-order valence-corrected chi connectivity index (χ4v) is 4.04. The van der Waals surface area contributed by atoms with Gasteiger partial charge in [0.1, 0.15) is 6.33 Å². The van der Waals surface area contributed by atoms with Crippen molar-refractivity contribution in [2.75, 3.05) is 0 Å². The number of aromatic nitrogens is 3. The van der Waals surface area contributed by atoms with Crippen LogP contribution in [0.5, 0.6) is 0 Å². The van der Waals surface area contributed by atoms with Gasteiger partial charge in [-0.05, 0) is 12.1 Å². The molecule has 4 rings (SSSR count). The van der Waals surface area contributed by atoms with E-state index in [0.717, 1.165) is 21.4 Å². The van der Waals surface area contributed by atoms with Gasteiger partial charge in [-0.15, -0.1) is 0 Å². The van der Waals surface area contributed by atoms with Crippen molar-refractivity contribution in [3.63, 3.8) is 0 Å². The van der Waals surface area contributed by atoms with E-state index >= 15 is 0 Å². The number of rotatable bonds is 5. The highest BCUT2D eigenvalue weighted by atomic mass is 32.2. The summed E-state index contributed by atoms with van der Waals surface area (Å²) < 4.78 is 2.01. The second-order valence-corrected chi connectivity index (χ2v) is 7.09. The molecule has 7 nitrogen and oxygen atoms in total. The zero-order chi connectivity index (χ0) is 19.5. The largest absolute Gasteiger partial charge is 0.343 e. The number of para-hydroxylation sites is 1. The number of hydrogen-bond acceptors (Lipinski definition) is 5. The van der Waals surface area contributed by atoms with Crippen LogP contribution >= 0.6 is 11.8 Å². The van der Waals surface area contributed by atoms with Gasteiger partial charge in [0.15, 0.2) is 5.69 Å².